The Balaban J connectivity index is 1.99. The Morgan fingerprint density at radius 1 is 0.923 bits per heavy atom. The first-order chi connectivity index (χ1) is 12.2. The van der Waals surface area contributed by atoms with E-state index in [1.54, 1.807) is 62.4 Å². The highest BCUT2D eigenvalue weighted by atomic mass is 35.5. The van der Waals surface area contributed by atoms with E-state index in [-0.39, 0.29) is 17.7 Å². The standard InChI is InChI=1S/C20H23ClN2O3/c1-13(2)18(24)22-15-7-9-16(10-8-15)23-19(25)20(3,4)26-17-11-5-14(21)6-12-17/h5-13H,1-4H3,(H,22,24)(H,23,25). The summed E-state index contributed by atoms with van der Waals surface area (Å²) >= 11 is 5.85. The van der Waals surface area contributed by atoms with Crippen molar-refractivity contribution in [3.8, 4) is 5.75 Å². The topological polar surface area (TPSA) is 67.4 Å². The number of hydrogen-bond acceptors (Lipinski definition) is 3. The van der Waals surface area contributed by atoms with Crippen molar-refractivity contribution in [1.82, 2.24) is 0 Å². The lowest BCUT2D eigenvalue weighted by Crippen LogP contribution is -2.42. The van der Waals surface area contributed by atoms with Gasteiger partial charge in [0.2, 0.25) is 5.91 Å². The molecule has 0 saturated heterocycles. The lowest BCUT2D eigenvalue weighted by Gasteiger charge is -2.25. The summed E-state index contributed by atoms with van der Waals surface area (Å²) in [5, 5.41) is 6.22. The number of amides is 2. The maximum atomic E-state index is 12.5. The maximum Gasteiger partial charge on any atom is 0.267 e. The first-order valence-electron chi connectivity index (χ1n) is 8.34. The van der Waals surface area contributed by atoms with E-state index < -0.39 is 5.60 Å². The third-order valence-electron chi connectivity index (χ3n) is 3.67. The second-order valence-electron chi connectivity index (χ2n) is 6.74. The van der Waals surface area contributed by atoms with Crippen LogP contribution in [0.4, 0.5) is 11.4 Å². The molecule has 5 nitrogen and oxygen atoms in total. The highest BCUT2D eigenvalue weighted by Gasteiger charge is 2.30. The SMILES string of the molecule is CC(C)C(=O)Nc1ccc(NC(=O)C(C)(C)Oc2ccc(Cl)cc2)cc1. The zero-order valence-electron chi connectivity index (χ0n) is 15.3. The van der Waals surface area contributed by atoms with Crippen molar-refractivity contribution in [3.63, 3.8) is 0 Å². The molecular weight excluding hydrogens is 352 g/mol. The normalized spacial score (nSPS) is 11.2. The number of carbonyl (C=O) groups excluding carboxylic acids is 2. The van der Waals surface area contributed by atoms with Crippen LogP contribution in [-0.2, 0) is 9.59 Å². The molecule has 0 unspecified atom stereocenters. The second-order valence-corrected chi connectivity index (χ2v) is 7.18. The second kappa shape index (κ2) is 8.23. The van der Waals surface area contributed by atoms with Crippen LogP contribution in [-0.4, -0.2) is 17.4 Å². The van der Waals surface area contributed by atoms with E-state index in [4.69, 9.17) is 16.3 Å². The first kappa shape index (κ1) is 19.8. The van der Waals surface area contributed by atoms with Gasteiger partial charge in [-0.15, -0.1) is 0 Å². The van der Waals surface area contributed by atoms with E-state index >= 15 is 0 Å². The molecule has 0 atom stereocenters. The molecule has 0 heterocycles. The number of nitrogens with one attached hydrogen (secondary N) is 2. The third kappa shape index (κ3) is 5.49. The van der Waals surface area contributed by atoms with Gasteiger partial charge in [-0.25, -0.2) is 0 Å². The number of carbonyl (C=O) groups is 2. The summed E-state index contributed by atoms with van der Waals surface area (Å²) in [4.78, 5) is 24.2. The summed E-state index contributed by atoms with van der Waals surface area (Å²) < 4.78 is 5.77. The molecule has 0 aromatic heterocycles. The van der Waals surface area contributed by atoms with Crippen molar-refractivity contribution in [1.29, 1.82) is 0 Å². The van der Waals surface area contributed by atoms with Crippen LogP contribution in [0.5, 0.6) is 5.75 Å². The maximum absolute atomic E-state index is 12.5. The molecule has 0 fully saturated rings. The summed E-state index contributed by atoms with van der Waals surface area (Å²) in [6.45, 7) is 7.03. The molecular formula is C20H23ClN2O3. The highest BCUT2D eigenvalue weighted by molar-refractivity contribution is 6.30. The number of halogens is 1. The minimum Gasteiger partial charge on any atom is -0.478 e. The smallest absolute Gasteiger partial charge is 0.267 e. The van der Waals surface area contributed by atoms with Gasteiger partial charge in [0.25, 0.3) is 5.91 Å². The Morgan fingerprint density at radius 3 is 1.92 bits per heavy atom. The van der Waals surface area contributed by atoms with E-state index in [9.17, 15) is 9.59 Å². The molecule has 2 aromatic carbocycles. The molecule has 0 radical (unpaired) electrons. The van der Waals surface area contributed by atoms with Gasteiger partial charge in [-0.2, -0.15) is 0 Å². The fourth-order valence-corrected chi connectivity index (χ4v) is 2.17. The average Bonchev–Trinajstić information content (AvgIpc) is 2.58. The van der Waals surface area contributed by atoms with Crippen molar-refractivity contribution in [3.05, 3.63) is 53.6 Å². The quantitative estimate of drug-likeness (QED) is 0.768. The number of hydrogen-bond donors (Lipinski definition) is 2. The Morgan fingerprint density at radius 2 is 1.42 bits per heavy atom. The number of benzene rings is 2. The first-order valence-corrected chi connectivity index (χ1v) is 8.72. The lowest BCUT2D eigenvalue weighted by atomic mass is 10.1. The molecule has 0 bridgehead atoms. The molecule has 0 spiro atoms. The number of anilines is 2. The van der Waals surface area contributed by atoms with E-state index in [0.29, 0.717) is 22.1 Å². The van der Waals surface area contributed by atoms with E-state index in [2.05, 4.69) is 10.6 Å². The van der Waals surface area contributed by atoms with Gasteiger partial charge in [-0.05, 0) is 62.4 Å². The molecule has 6 heteroatoms. The number of rotatable bonds is 6. The molecule has 2 aromatic rings. The zero-order valence-corrected chi connectivity index (χ0v) is 16.1. The van der Waals surface area contributed by atoms with Crippen molar-refractivity contribution in [2.75, 3.05) is 10.6 Å². The van der Waals surface area contributed by atoms with Crippen LogP contribution >= 0.6 is 11.6 Å². The number of ether oxygens (including phenoxy) is 1. The largest absolute Gasteiger partial charge is 0.478 e. The Kier molecular flexibility index (Phi) is 6.27. The fourth-order valence-electron chi connectivity index (χ4n) is 2.05. The fraction of sp³-hybridized carbons (Fsp3) is 0.300. The van der Waals surface area contributed by atoms with Crippen molar-refractivity contribution in [2.45, 2.75) is 33.3 Å². The molecule has 0 aliphatic rings. The third-order valence-corrected chi connectivity index (χ3v) is 3.92. The van der Waals surface area contributed by atoms with E-state index in [1.807, 2.05) is 13.8 Å². The molecule has 2 N–H and O–H groups in total. The van der Waals surface area contributed by atoms with Crippen molar-refractivity contribution >= 4 is 34.8 Å². The van der Waals surface area contributed by atoms with Gasteiger partial charge in [0.1, 0.15) is 5.75 Å². The van der Waals surface area contributed by atoms with Crippen LogP contribution in [0.25, 0.3) is 0 Å². The summed E-state index contributed by atoms with van der Waals surface area (Å²) in [5.41, 5.74) is 0.224. The van der Waals surface area contributed by atoms with Gasteiger partial charge in [-0.3, -0.25) is 9.59 Å². The molecule has 2 rings (SSSR count). The minimum atomic E-state index is -1.07. The molecule has 0 saturated carbocycles. The summed E-state index contributed by atoms with van der Waals surface area (Å²) in [6, 6.07) is 13.8. The van der Waals surface area contributed by atoms with Crippen LogP contribution in [0.1, 0.15) is 27.7 Å². The van der Waals surface area contributed by atoms with E-state index in [1.165, 1.54) is 0 Å². The Labute approximate surface area is 158 Å². The van der Waals surface area contributed by atoms with E-state index in [0.717, 1.165) is 0 Å². The van der Waals surface area contributed by atoms with Gasteiger partial charge in [0, 0.05) is 22.3 Å². The molecule has 0 aliphatic carbocycles. The Hall–Kier alpha value is -2.53. The molecule has 138 valence electrons. The van der Waals surface area contributed by atoms with Gasteiger partial charge >= 0.3 is 0 Å². The van der Waals surface area contributed by atoms with Gasteiger partial charge in [0.05, 0.1) is 0 Å². The predicted molar refractivity (Wildman–Crippen MR) is 105 cm³/mol. The van der Waals surface area contributed by atoms with Crippen LogP contribution in [0.3, 0.4) is 0 Å². The van der Waals surface area contributed by atoms with Gasteiger partial charge in [-0.1, -0.05) is 25.4 Å². The summed E-state index contributed by atoms with van der Waals surface area (Å²) in [6.07, 6.45) is 0. The lowest BCUT2D eigenvalue weighted by molar-refractivity contribution is -0.128. The summed E-state index contributed by atoms with van der Waals surface area (Å²) in [7, 11) is 0. The molecule has 26 heavy (non-hydrogen) atoms. The van der Waals surface area contributed by atoms with Gasteiger partial charge in [0.15, 0.2) is 5.60 Å². The van der Waals surface area contributed by atoms with Crippen LogP contribution < -0.4 is 15.4 Å². The molecule has 2 amide bonds. The highest BCUT2D eigenvalue weighted by Crippen LogP contribution is 2.22. The van der Waals surface area contributed by atoms with Crippen LogP contribution in [0.2, 0.25) is 5.02 Å². The van der Waals surface area contributed by atoms with Crippen molar-refractivity contribution in [2.24, 2.45) is 5.92 Å². The summed E-state index contributed by atoms with van der Waals surface area (Å²) in [5.74, 6) is 0.118. The monoisotopic (exact) mass is 374 g/mol. The average molecular weight is 375 g/mol. The zero-order chi connectivity index (χ0) is 19.3. The minimum absolute atomic E-state index is 0.0562. The predicted octanol–water partition coefficient (Wildman–Crippen LogP) is 4.73. The van der Waals surface area contributed by atoms with Crippen LogP contribution in [0, 0.1) is 5.92 Å². The van der Waals surface area contributed by atoms with Crippen LogP contribution in [0.15, 0.2) is 48.5 Å². The van der Waals surface area contributed by atoms with Gasteiger partial charge < -0.3 is 15.4 Å². The molecule has 0 aliphatic heterocycles. The van der Waals surface area contributed by atoms with Crippen molar-refractivity contribution < 1.29 is 14.3 Å². The Bertz CT molecular complexity index is 769.